The number of fused-ring (bicyclic) bond motifs is 1. The van der Waals surface area contributed by atoms with Crippen LogP contribution in [0.25, 0.3) is 5.69 Å². The third-order valence-electron chi connectivity index (χ3n) is 4.73. The fraction of sp³-hybridized carbons (Fsp3) is 0.500. The molecule has 1 N–H and O–H groups in total. The minimum absolute atomic E-state index is 0.203. The third-order valence-corrected chi connectivity index (χ3v) is 4.73. The highest BCUT2D eigenvalue weighted by Crippen LogP contribution is 2.38. The molecule has 25 heavy (non-hydrogen) atoms. The van der Waals surface area contributed by atoms with Crippen LogP contribution in [0, 0.1) is 0 Å². The number of rotatable bonds is 3. The predicted octanol–water partition coefficient (Wildman–Crippen LogP) is 1.91. The smallest absolute Gasteiger partial charge is 0.407 e. The molecule has 0 spiro atoms. The standard InChI is InChI=1S/C16H19N5O4/c1-23-15(22)17-16(7-3-2-4-8-16)14-18-19-20-21(14)11-5-6-12-13(9-11)25-10-24-12/h5-6,9H,2-4,7-8,10H2,1H3,(H,17,22). The van der Waals surface area contributed by atoms with Crippen LogP contribution >= 0.6 is 0 Å². The van der Waals surface area contributed by atoms with Crippen molar-refractivity contribution in [1.29, 1.82) is 0 Å². The summed E-state index contributed by atoms with van der Waals surface area (Å²) in [5.74, 6) is 1.94. The highest BCUT2D eigenvalue weighted by Gasteiger charge is 2.41. The van der Waals surface area contributed by atoms with E-state index in [1.165, 1.54) is 7.11 Å². The van der Waals surface area contributed by atoms with E-state index in [-0.39, 0.29) is 6.79 Å². The van der Waals surface area contributed by atoms with Crippen molar-refractivity contribution in [2.45, 2.75) is 37.6 Å². The Morgan fingerprint density at radius 2 is 2.04 bits per heavy atom. The van der Waals surface area contributed by atoms with Crippen molar-refractivity contribution >= 4 is 6.09 Å². The highest BCUT2D eigenvalue weighted by atomic mass is 16.7. The zero-order valence-corrected chi connectivity index (χ0v) is 13.9. The Balaban J connectivity index is 1.75. The van der Waals surface area contributed by atoms with E-state index in [2.05, 4.69) is 20.8 Å². The summed E-state index contributed by atoms with van der Waals surface area (Å²) in [6.07, 6.45) is 4.12. The molecule has 0 atom stereocenters. The fourth-order valence-electron chi connectivity index (χ4n) is 3.48. The van der Waals surface area contributed by atoms with Crippen LogP contribution in [0.1, 0.15) is 37.9 Å². The minimum Gasteiger partial charge on any atom is -0.454 e. The van der Waals surface area contributed by atoms with Crippen LogP contribution in [0.3, 0.4) is 0 Å². The van der Waals surface area contributed by atoms with Crippen LogP contribution in [-0.2, 0) is 10.3 Å². The Kier molecular flexibility index (Phi) is 3.90. The van der Waals surface area contributed by atoms with Crippen molar-refractivity contribution in [2.24, 2.45) is 0 Å². The first kappa shape index (κ1) is 15.7. The zero-order valence-electron chi connectivity index (χ0n) is 13.9. The van der Waals surface area contributed by atoms with Crippen LogP contribution < -0.4 is 14.8 Å². The summed E-state index contributed by atoms with van der Waals surface area (Å²) >= 11 is 0. The molecule has 1 aliphatic carbocycles. The van der Waals surface area contributed by atoms with E-state index >= 15 is 0 Å². The Hall–Kier alpha value is -2.84. The van der Waals surface area contributed by atoms with Gasteiger partial charge in [0.05, 0.1) is 12.8 Å². The number of benzene rings is 1. The van der Waals surface area contributed by atoms with Gasteiger partial charge in [-0.2, -0.15) is 4.68 Å². The summed E-state index contributed by atoms with van der Waals surface area (Å²) in [7, 11) is 1.35. The van der Waals surface area contributed by atoms with Crippen LogP contribution in [0.2, 0.25) is 0 Å². The molecule has 132 valence electrons. The van der Waals surface area contributed by atoms with Gasteiger partial charge in [-0.15, -0.1) is 5.10 Å². The topological polar surface area (TPSA) is 100 Å². The molecular formula is C16H19N5O4. The molecular weight excluding hydrogens is 326 g/mol. The maximum Gasteiger partial charge on any atom is 0.407 e. The molecule has 2 aliphatic rings. The minimum atomic E-state index is -0.648. The van der Waals surface area contributed by atoms with E-state index in [0.717, 1.165) is 37.8 Å². The lowest BCUT2D eigenvalue weighted by molar-refractivity contribution is 0.139. The van der Waals surface area contributed by atoms with Crippen LogP contribution in [0.5, 0.6) is 11.5 Å². The van der Waals surface area contributed by atoms with Crippen molar-refractivity contribution in [3.8, 4) is 17.2 Å². The maximum absolute atomic E-state index is 11.9. The van der Waals surface area contributed by atoms with Gasteiger partial charge in [0.2, 0.25) is 6.79 Å². The van der Waals surface area contributed by atoms with Crippen LogP contribution in [0.15, 0.2) is 18.2 Å². The van der Waals surface area contributed by atoms with E-state index in [9.17, 15) is 4.79 Å². The quantitative estimate of drug-likeness (QED) is 0.907. The van der Waals surface area contributed by atoms with Gasteiger partial charge in [-0.1, -0.05) is 19.3 Å². The van der Waals surface area contributed by atoms with E-state index in [1.807, 2.05) is 18.2 Å². The molecule has 1 aromatic carbocycles. The number of aromatic nitrogens is 4. The van der Waals surface area contributed by atoms with Gasteiger partial charge in [0.1, 0.15) is 5.54 Å². The average Bonchev–Trinajstić information content (AvgIpc) is 3.31. The first-order valence-electron chi connectivity index (χ1n) is 8.27. The molecule has 0 unspecified atom stereocenters. The number of tetrazole rings is 1. The number of amides is 1. The van der Waals surface area contributed by atoms with E-state index in [0.29, 0.717) is 17.3 Å². The van der Waals surface area contributed by atoms with E-state index in [1.54, 1.807) is 4.68 Å². The monoisotopic (exact) mass is 345 g/mol. The number of methoxy groups -OCH3 is 1. The Morgan fingerprint density at radius 1 is 1.24 bits per heavy atom. The Labute approximate surface area is 144 Å². The number of nitrogens with one attached hydrogen (secondary N) is 1. The van der Waals surface area contributed by atoms with Crippen molar-refractivity contribution in [3.05, 3.63) is 24.0 Å². The van der Waals surface area contributed by atoms with Gasteiger partial charge in [0.15, 0.2) is 17.3 Å². The number of nitrogens with zero attached hydrogens (tertiary/aromatic N) is 4. The second-order valence-electron chi connectivity index (χ2n) is 6.21. The fourth-order valence-corrected chi connectivity index (χ4v) is 3.48. The molecule has 0 saturated heterocycles. The second kappa shape index (κ2) is 6.23. The Morgan fingerprint density at radius 3 is 2.84 bits per heavy atom. The molecule has 2 heterocycles. The molecule has 9 heteroatoms. The molecule has 1 amide bonds. The molecule has 9 nitrogen and oxygen atoms in total. The first-order valence-corrected chi connectivity index (χ1v) is 8.27. The van der Waals surface area contributed by atoms with Gasteiger partial charge in [-0.3, -0.25) is 0 Å². The van der Waals surface area contributed by atoms with E-state index in [4.69, 9.17) is 14.2 Å². The second-order valence-corrected chi connectivity index (χ2v) is 6.21. The third kappa shape index (κ3) is 2.75. The number of carbonyl (C=O) groups excluding carboxylic acids is 1. The van der Waals surface area contributed by atoms with E-state index < -0.39 is 11.6 Å². The maximum atomic E-state index is 11.9. The summed E-state index contributed by atoms with van der Waals surface area (Å²) in [4.78, 5) is 11.9. The first-order chi connectivity index (χ1) is 12.2. The number of hydrogen-bond acceptors (Lipinski definition) is 7. The largest absolute Gasteiger partial charge is 0.454 e. The lowest BCUT2D eigenvalue weighted by Gasteiger charge is -2.36. The number of ether oxygens (including phenoxy) is 3. The lowest BCUT2D eigenvalue weighted by atomic mass is 9.81. The van der Waals surface area contributed by atoms with Gasteiger partial charge >= 0.3 is 6.09 Å². The molecule has 1 fully saturated rings. The molecule has 4 rings (SSSR count). The molecule has 1 saturated carbocycles. The van der Waals surface area contributed by atoms with Gasteiger partial charge < -0.3 is 19.5 Å². The van der Waals surface area contributed by atoms with Gasteiger partial charge in [0.25, 0.3) is 0 Å². The van der Waals surface area contributed by atoms with Crippen molar-refractivity contribution in [1.82, 2.24) is 25.5 Å². The molecule has 2 aromatic rings. The molecule has 1 aliphatic heterocycles. The normalized spacial score (nSPS) is 18.0. The summed E-state index contributed by atoms with van der Waals surface area (Å²) in [5.41, 5.74) is 0.103. The van der Waals surface area contributed by atoms with Crippen LogP contribution in [0.4, 0.5) is 4.79 Å². The number of carbonyl (C=O) groups is 1. The summed E-state index contributed by atoms with van der Waals surface area (Å²) in [6.45, 7) is 0.203. The summed E-state index contributed by atoms with van der Waals surface area (Å²) in [6, 6.07) is 5.52. The molecule has 0 bridgehead atoms. The van der Waals surface area contributed by atoms with Gasteiger partial charge in [-0.05, 0) is 35.4 Å². The van der Waals surface area contributed by atoms with Crippen molar-refractivity contribution < 1.29 is 19.0 Å². The van der Waals surface area contributed by atoms with Crippen LogP contribution in [-0.4, -0.2) is 40.2 Å². The average molecular weight is 345 g/mol. The summed E-state index contributed by atoms with van der Waals surface area (Å²) < 4.78 is 17.2. The Bertz CT molecular complexity index is 785. The lowest BCUT2D eigenvalue weighted by Crippen LogP contribution is -2.49. The predicted molar refractivity (Wildman–Crippen MR) is 85.6 cm³/mol. The van der Waals surface area contributed by atoms with Gasteiger partial charge in [-0.25, -0.2) is 4.79 Å². The summed E-state index contributed by atoms with van der Waals surface area (Å²) in [5, 5.41) is 15.2. The van der Waals surface area contributed by atoms with Gasteiger partial charge in [0, 0.05) is 6.07 Å². The number of hydrogen-bond donors (Lipinski definition) is 1. The molecule has 1 aromatic heterocycles. The number of alkyl carbamates (subject to hydrolysis) is 1. The van der Waals surface area contributed by atoms with Crippen molar-refractivity contribution in [3.63, 3.8) is 0 Å². The molecule has 0 radical (unpaired) electrons. The highest BCUT2D eigenvalue weighted by molar-refractivity contribution is 5.68. The SMILES string of the molecule is COC(=O)NC1(c2nnnn2-c2ccc3c(c2)OCO3)CCCCC1. The zero-order chi connectivity index (χ0) is 17.3. The van der Waals surface area contributed by atoms with Crippen molar-refractivity contribution in [2.75, 3.05) is 13.9 Å².